The highest BCUT2D eigenvalue weighted by atomic mass is 15.0. The van der Waals surface area contributed by atoms with Crippen molar-refractivity contribution in [1.29, 1.82) is 0 Å². The van der Waals surface area contributed by atoms with Crippen molar-refractivity contribution >= 4 is 43.4 Å². The highest BCUT2D eigenvalue weighted by Gasteiger charge is 2.20. The van der Waals surface area contributed by atoms with Gasteiger partial charge in [-0.3, -0.25) is 4.98 Å². The Balaban J connectivity index is 1.12. The van der Waals surface area contributed by atoms with Gasteiger partial charge in [0.05, 0.1) is 22.4 Å². The van der Waals surface area contributed by atoms with E-state index in [1.807, 2.05) is 24.5 Å². The normalized spacial score (nSPS) is 11.5. The lowest BCUT2D eigenvalue weighted by atomic mass is 9.88. The third-order valence-corrected chi connectivity index (χ3v) is 11.1. The number of rotatable bonds is 6. The van der Waals surface area contributed by atoms with Gasteiger partial charge in [0, 0.05) is 45.5 Å². The minimum absolute atomic E-state index is 0.694. The Hall–Kier alpha value is -7.69. The van der Waals surface area contributed by atoms with Gasteiger partial charge in [0.15, 0.2) is 5.82 Å². The van der Waals surface area contributed by atoms with Gasteiger partial charge in [0.2, 0.25) is 0 Å². The first kappa shape index (κ1) is 32.7. The van der Waals surface area contributed by atoms with Crippen LogP contribution in [0.25, 0.3) is 105 Å². The summed E-state index contributed by atoms with van der Waals surface area (Å²) in [4.78, 5) is 15.0. The first-order chi connectivity index (χ1) is 28.3. The van der Waals surface area contributed by atoms with E-state index in [-0.39, 0.29) is 0 Å². The molecule has 8 aromatic carbocycles. The summed E-state index contributed by atoms with van der Waals surface area (Å²) < 4.78 is 2.35. The molecule has 4 nitrogen and oxygen atoms in total. The maximum atomic E-state index is 5.43. The molecule has 11 aromatic rings. The molecule has 0 atom stereocenters. The first-order valence-corrected chi connectivity index (χ1v) is 19.3. The van der Waals surface area contributed by atoms with Crippen LogP contribution in [0.5, 0.6) is 0 Å². The number of para-hydroxylation sites is 2. The van der Waals surface area contributed by atoms with Crippen LogP contribution in [0.3, 0.4) is 0 Å². The van der Waals surface area contributed by atoms with E-state index in [0.717, 1.165) is 55.7 Å². The number of hydrogen-bond donors (Lipinski definition) is 0. The standard InChI is InChI=1S/C53H34N4/c1-2-12-39(13-3-1)51-43-16-4-6-18-45(43)52(46-19-7-5-17-44(46)51)53-55-47(37-24-22-35(23-25-37)36-30-32-54-33-31-36)34-48(56-53)38-26-28-40(29-27-38)57-49-20-10-8-14-41(49)42-15-9-11-21-50(42)57/h1-34H. The van der Waals surface area contributed by atoms with Crippen LogP contribution in [0.15, 0.2) is 207 Å². The van der Waals surface area contributed by atoms with Gasteiger partial charge in [0.25, 0.3) is 0 Å². The molecule has 0 saturated carbocycles. The molecule has 266 valence electrons. The second kappa shape index (κ2) is 13.6. The first-order valence-electron chi connectivity index (χ1n) is 19.3. The predicted octanol–water partition coefficient (Wildman–Crippen LogP) is 13.6. The quantitative estimate of drug-likeness (QED) is 0.160. The fourth-order valence-electron chi connectivity index (χ4n) is 8.50. The highest BCUT2D eigenvalue weighted by Crippen LogP contribution is 2.43. The summed E-state index contributed by atoms with van der Waals surface area (Å²) in [6, 6.07) is 68.9. The SMILES string of the molecule is c1ccc(-c2c3ccccc3c(-c3nc(-c4ccc(-c5ccncc5)cc4)cc(-c4ccc(-n5c6ccccc6c6ccccc65)cc4)n3)c3ccccc23)cc1. The summed E-state index contributed by atoms with van der Waals surface area (Å²) >= 11 is 0. The van der Waals surface area contributed by atoms with Crippen molar-refractivity contribution in [3.8, 4) is 61.8 Å². The van der Waals surface area contributed by atoms with E-state index in [1.165, 1.54) is 43.7 Å². The molecular formula is C53H34N4. The Morgan fingerprint density at radius 2 is 0.737 bits per heavy atom. The lowest BCUT2D eigenvalue weighted by Crippen LogP contribution is -1.99. The van der Waals surface area contributed by atoms with Gasteiger partial charge in [0.1, 0.15) is 0 Å². The average Bonchev–Trinajstić information content (AvgIpc) is 3.63. The molecule has 0 aliphatic carbocycles. The van der Waals surface area contributed by atoms with Crippen molar-refractivity contribution in [2.75, 3.05) is 0 Å². The minimum Gasteiger partial charge on any atom is -0.309 e. The fourth-order valence-corrected chi connectivity index (χ4v) is 8.50. The number of pyridine rings is 1. The van der Waals surface area contributed by atoms with E-state index < -0.39 is 0 Å². The fraction of sp³-hybridized carbons (Fsp3) is 0. The molecule has 0 fully saturated rings. The minimum atomic E-state index is 0.694. The van der Waals surface area contributed by atoms with Crippen LogP contribution in [0, 0.1) is 0 Å². The Bertz CT molecular complexity index is 3150. The number of fused-ring (bicyclic) bond motifs is 5. The topological polar surface area (TPSA) is 43.6 Å². The van der Waals surface area contributed by atoms with E-state index in [0.29, 0.717) is 5.82 Å². The molecule has 0 N–H and O–H groups in total. The molecule has 57 heavy (non-hydrogen) atoms. The highest BCUT2D eigenvalue weighted by molar-refractivity contribution is 6.21. The molecule has 11 rings (SSSR count). The lowest BCUT2D eigenvalue weighted by molar-refractivity contribution is 1.17. The third-order valence-electron chi connectivity index (χ3n) is 11.1. The van der Waals surface area contributed by atoms with Gasteiger partial charge in [-0.25, -0.2) is 9.97 Å². The Kier molecular flexibility index (Phi) is 7.78. The predicted molar refractivity (Wildman–Crippen MR) is 236 cm³/mol. The van der Waals surface area contributed by atoms with Crippen molar-refractivity contribution in [2.45, 2.75) is 0 Å². The molecule has 4 heteroatoms. The van der Waals surface area contributed by atoms with Crippen LogP contribution in [0.1, 0.15) is 0 Å². The zero-order valence-corrected chi connectivity index (χ0v) is 30.9. The average molecular weight is 727 g/mol. The molecule has 0 amide bonds. The molecule has 0 radical (unpaired) electrons. The van der Waals surface area contributed by atoms with Crippen LogP contribution in [0.4, 0.5) is 0 Å². The Morgan fingerprint density at radius 3 is 1.28 bits per heavy atom. The van der Waals surface area contributed by atoms with Gasteiger partial charge in [-0.05, 0) is 86.3 Å². The van der Waals surface area contributed by atoms with Crippen LogP contribution in [0.2, 0.25) is 0 Å². The van der Waals surface area contributed by atoms with Gasteiger partial charge in [-0.1, -0.05) is 152 Å². The molecular weight excluding hydrogens is 693 g/mol. The third kappa shape index (κ3) is 5.58. The summed E-state index contributed by atoms with van der Waals surface area (Å²) in [5, 5.41) is 7.07. The van der Waals surface area contributed by atoms with E-state index in [9.17, 15) is 0 Å². The molecule has 0 bridgehead atoms. The summed E-state index contributed by atoms with van der Waals surface area (Å²) in [6.45, 7) is 0. The maximum absolute atomic E-state index is 5.43. The zero-order valence-electron chi connectivity index (χ0n) is 30.9. The number of aromatic nitrogens is 4. The molecule has 0 aliphatic rings. The van der Waals surface area contributed by atoms with Gasteiger partial charge in [-0.2, -0.15) is 0 Å². The van der Waals surface area contributed by atoms with E-state index in [4.69, 9.17) is 9.97 Å². The van der Waals surface area contributed by atoms with Crippen molar-refractivity contribution in [3.05, 3.63) is 207 Å². The number of nitrogens with zero attached hydrogens (tertiary/aromatic N) is 4. The number of benzene rings is 8. The monoisotopic (exact) mass is 726 g/mol. The summed E-state index contributed by atoms with van der Waals surface area (Å²) in [5.41, 5.74) is 12.9. The largest absolute Gasteiger partial charge is 0.309 e. The van der Waals surface area contributed by atoms with Crippen LogP contribution in [-0.4, -0.2) is 19.5 Å². The molecule has 0 saturated heterocycles. The van der Waals surface area contributed by atoms with Crippen molar-refractivity contribution in [2.24, 2.45) is 0 Å². The van der Waals surface area contributed by atoms with E-state index in [1.54, 1.807) is 0 Å². The van der Waals surface area contributed by atoms with Gasteiger partial charge < -0.3 is 4.57 Å². The molecule has 3 aromatic heterocycles. The second-order valence-electron chi connectivity index (χ2n) is 14.4. The smallest absolute Gasteiger partial charge is 0.161 e. The van der Waals surface area contributed by atoms with Gasteiger partial charge in [-0.15, -0.1) is 0 Å². The van der Waals surface area contributed by atoms with Crippen LogP contribution < -0.4 is 0 Å². The summed E-state index contributed by atoms with van der Waals surface area (Å²) in [7, 11) is 0. The van der Waals surface area contributed by atoms with Crippen molar-refractivity contribution in [1.82, 2.24) is 19.5 Å². The number of hydrogen-bond acceptors (Lipinski definition) is 3. The van der Waals surface area contributed by atoms with Crippen molar-refractivity contribution in [3.63, 3.8) is 0 Å². The van der Waals surface area contributed by atoms with E-state index >= 15 is 0 Å². The second-order valence-corrected chi connectivity index (χ2v) is 14.4. The molecule has 0 spiro atoms. The maximum Gasteiger partial charge on any atom is 0.161 e. The van der Waals surface area contributed by atoms with E-state index in [2.05, 4.69) is 192 Å². The molecule has 3 heterocycles. The van der Waals surface area contributed by atoms with Crippen LogP contribution in [-0.2, 0) is 0 Å². The van der Waals surface area contributed by atoms with Crippen LogP contribution >= 0.6 is 0 Å². The van der Waals surface area contributed by atoms with Gasteiger partial charge >= 0.3 is 0 Å². The zero-order chi connectivity index (χ0) is 37.7. The molecule has 0 aliphatic heterocycles. The Labute approximate surface area is 330 Å². The summed E-state index contributed by atoms with van der Waals surface area (Å²) in [6.07, 6.45) is 3.66. The van der Waals surface area contributed by atoms with Crippen molar-refractivity contribution < 1.29 is 0 Å². The molecule has 0 unspecified atom stereocenters. The summed E-state index contributed by atoms with van der Waals surface area (Å²) in [5.74, 6) is 0.694. The lowest BCUT2D eigenvalue weighted by Gasteiger charge is -2.18. The Morgan fingerprint density at radius 1 is 0.316 bits per heavy atom.